The molecular formula is C15H22N4O2S2. The zero-order valence-electron chi connectivity index (χ0n) is 12.9. The van der Waals surface area contributed by atoms with Gasteiger partial charge in [-0.15, -0.1) is 10.2 Å². The Balaban J connectivity index is 1.33. The molecule has 0 spiro atoms. The van der Waals surface area contributed by atoms with Crippen LogP contribution in [0.15, 0.2) is 4.34 Å². The molecule has 8 heteroatoms. The lowest BCUT2D eigenvalue weighted by atomic mass is 9.61. The molecule has 4 atom stereocenters. The minimum atomic E-state index is 0.0853. The highest BCUT2D eigenvalue weighted by molar-refractivity contribution is 8.01. The van der Waals surface area contributed by atoms with E-state index in [1.54, 1.807) is 0 Å². The summed E-state index contributed by atoms with van der Waals surface area (Å²) in [6.45, 7) is 0.851. The van der Waals surface area contributed by atoms with Gasteiger partial charge in [-0.2, -0.15) is 0 Å². The fourth-order valence-corrected chi connectivity index (χ4v) is 5.94. The van der Waals surface area contributed by atoms with Gasteiger partial charge in [0.1, 0.15) is 0 Å². The number of nitrogens with one attached hydrogen (secondary N) is 1. The van der Waals surface area contributed by atoms with Crippen LogP contribution in [0.1, 0.15) is 32.1 Å². The lowest BCUT2D eigenvalue weighted by Crippen LogP contribution is -2.63. The third-order valence-corrected chi connectivity index (χ3v) is 7.35. The van der Waals surface area contributed by atoms with Crippen molar-refractivity contribution in [2.75, 3.05) is 18.1 Å². The molecule has 3 fully saturated rings. The van der Waals surface area contributed by atoms with Gasteiger partial charge in [-0.25, -0.2) is 0 Å². The van der Waals surface area contributed by atoms with Crippen LogP contribution >= 0.6 is 23.1 Å². The van der Waals surface area contributed by atoms with Crippen LogP contribution in [0.25, 0.3) is 0 Å². The summed E-state index contributed by atoms with van der Waals surface area (Å²) < 4.78 is 6.68. The van der Waals surface area contributed by atoms with Crippen molar-refractivity contribution in [3.05, 3.63) is 0 Å². The second-order valence-electron chi connectivity index (χ2n) is 6.70. The Kier molecular flexibility index (Phi) is 4.47. The SMILES string of the molecule is Nc1nnc(SCC(=O)N[C@@H]2[C@@H]3CCO[C@@H]3[C@@H]2C2CCCC2)s1. The number of aromatic nitrogens is 2. The second-order valence-corrected chi connectivity index (χ2v) is 8.93. The molecule has 23 heavy (non-hydrogen) atoms. The number of carbonyl (C=O) groups excluding carboxylic acids is 1. The number of thioether (sulfide) groups is 1. The van der Waals surface area contributed by atoms with Gasteiger partial charge in [0.15, 0.2) is 4.34 Å². The van der Waals surface area contributed by atoms with Crippen LogP contribution in [0.2, 0.25) is 0 Å². The van der Waals surface area contributed by atoms with Crippen LogP contribution in [0, 0.1) is 17.8 Å². The minimum absolute atomic E-state index is 0.0853. The summed E-state index contributed by atoms with van der Waals surface area (Å²) in [5.74, 6) is 2.24. The Labute approximate surface area is 143 Å². The van der Waals surface area contributed by atoms with E-state index in [0.717, 1.165) is 23.3 Å². The Morgan fingerprint density at radius 1 is 1.35 bits per heavy atom. The maximum Gasteiger partial charge on any atom is 0.230 e. The van der Waals surface area contributed by atoms with Gasteiger partial charge in [-0.1, -0.05) is 48.8 Å². The fraction of sp³-hybridized carbons (Fsp3) is 0.800. The molecule has 0 aromatic carbocycles. The third-order valence-electron chi connectivity index (χ3n) is 5.46. The molecule has 126 valence electrons. The number of carbonyl (C=O) groups is 1. The molecule has 0 radical (unpaired) electrons. The van der Waals surface area contributed by atoms with E-state index in [1.165, 1.54) is 48.8 Å². The zero-order chi connectivity index (χ0) is 15.8. The molecule has 4 rings (SSSR count). The Hall–Kier alpha value is -0.860. The summed E-state index contributed by atoms with van der Waals surface area (Å²) in [6.07, 6.45) is 6.71. The Bertz CT molecular complexity index is 571. The number of hydrogen-bond acceptors (Lipinski definition) is 7. The van der Waals surface area contributed by atoms with Crippen molar-refractivity contribution in [1.82, 2.24) is 15.5 Å². The van der Waals surface area contributed by atoms with E-state index in [1.807, 2.05) is 0 Å². The maximum atomic E-state index is 12.3. The van der Waals surface area contributed by atoms with Crippen LogP contribution in [0.5, 0.6) is 0 Å². The minimum Gasteiger partial charge on any atom is -0.377 e. The first kappa shape index (κ1) is 15.7. The van der Waals surface area contributed by atoms with Crippen molar-refractivity contribution in [2.24, 2.45) is 17.8 Å². The summed E-state index contributed by atoms with van der Waals surface area (Å²) >= 11 is 2.73. The summed E-state index contributed by atoms with van der Waals surface area (Å²) in [6, 6.07) is 0.304. The van der Waals surface area contributed by atoms with Gasteiger partial charge in [0, 0.05) is 24.5 Å². The summed E-state index contributed by atoms with van der Waals surface area (Å²) in [5, 5.41) is 11.4. The normalized spacial score (nSPS) is 33.4. The fourth-order valence-electron chi connectivity index (χ4n) is 4.49. The molecule has 1 saturated heterocycles. The number of fused-ring (bicyclic) bond motifs is 1. The molecule has 2 heterocycles. The van der Waals surface area contributed by atoms with Crippen LogP contribution in [0.3, 0.4) is 0 Å². The predicted molar refractivity (Wildman–Crippen MR) is 90.3 cm³/mol. The van der Waals surface area contributed by atoms with E-state index in [0.29, 0.717) is 34.9 Å². The van der Waals surface area contributed by atoms with Crippen LogP contribution in [-0.2, 0) is 9.53 Å². The van der Waals surface area contributed by atoms with Crippen molar-refractivity contribution in [1.29, 1.82) is 0 Å². The number of ether oxygens (including phenoxy) is 1. The average Bonchev–Trinajstić information content (AvgIpc) is 3.25. The highest BCUT2D eigenvalue weighted by Gasteiger charge is 2.56. The third kappa shape index (κ3) is 3.08. The Morgan fingerprint density at radius 2 is 2.17 bits per heavy atom. The molecule has 1 aromatic heterocycles. The highest BCUT2D eigenvalue weighted by Crippen LogP contribution is 2.51. The van der Waals surface area contributed by atoms with E-state index < -0.39 is 0 Å². The van der Waals surface area contributed by atoms with Crippen LogP contribution in [-0.4, -0.2) is 40.6 Å². The van der Waals surface area contributed by atoms with E-state index in [9.17, 15) is 4.79 Å². The van der Waals surface area contributed by atoms with Gasteiger partial charge in [0.25, 0.3) is 0 Å². The quantitative estimate of drug-likeness (QED) is 0.785. The molecule has 0 bridgehead atoms. The first-order valence-electron chi connectivity index (χ1n) is 8.35. The van der Waals surface area contributed by atoms with Crippen LogP contribution in [0.4, 0.5) is 5.13 Å². The summed E-state index contributed by atoms with van der Waals surface area (Å²) in [7, 11) is 0. The van der Waals surface area contributed by atoms with E-state index in [2.05, 4.69) is 15.5 Å². The van der Waals surface area contributed by atoms with Gasteiger partial charge < -0.3 is 15.8 Å². The van der Waals surface area contributed by atoms with Crippen molar-refractivity contribution < 1.29 is 9.53 Å². The molecule has 1 aliphatic heterocycles. The number of nitrogens with zero attached hydrogens (tertiary/aromatic N) is 2. The summed E-state index contributed by atoms with van der Waals surface area (Å²) in [5.41, 5.74) is 5.56. The number of amides is 1. The van der Waals surface area contributed by atoms with Gasteiger partial charge in [0.05, 0.1) is 11.9 Å². The second kappa shape index (κ2) is 6.57. The standard InChI is InChI=1S/C15H22N4O2S2/c16-14-18-19-15(23-14)22-7-10(20)17-12-9-5-6-21-13(9)11(12)8-3-1-2-4-8/h8-9,11-13H,1-7H2,(H2,16,18)(H,17,20)/t9-,11+,12+,13-/m0/s1. The zero-order valence-corrected chi connectivity index (χ0v) is 14.6. The maximum absolute atomic E-state index is 12.3. The van der Waals surface area contributed by atoms with Gasteiger partial charge in [-0.3, -0.25) is 4.79 Å². The lowest BCUT2D eigenvalue weighted by molar-refractivity contribution is -0.127. The highest BCUT2D eigenvalue weighted by atomic mass is 32.2. The van der Waals surface area contributed by atoms with Crippen LogP contribution < -0.4 is 11.1 Å². The van der Waals surface area contributed by atoms with Crippen molar-refractivity contribution in [3.8, 4) is 0 Å². The molecule has 3 N–H and O–H groups in total. The molecule has 6 nitrogen and oxygen atoms in total. The molecule has 2 aliphatic carbocycles. The Morgan fingerprint density at radius 3 is 2.91 bits per heavy atom. The first-order valence-corrected chi connectivity index (χ1v) is 10.2. The topological polar surface area (TPSA) is 90.1 Å². The van der Waals surface area contributed by atoms with Crippen molar-refractivity contribution in [3.63, 3.8) is 0 Å². The van der Waals surface area contributed by atoms with Gasteiger partial charge >= 0.3 is 0 Å². The lowest BCUT2D eigenvalue weighted by Gasteiger charge is -2.50. The van der Waals surface area contributed by atoms with E-state index in [-0.39, 0.29) is 5.91 Å². The largest absolute Gasteiger partial charge is 0.377 e. The number of hydrogen-bond donors (Lipinski definition) is 2. The first-order chi connectivity index (χ1) is 11.2. The average molecular weight is 355 g/mol. The van der Waals surface area contributed by atoms with E-state index in [4.69, 9.17) is 10.5 Å². The molecule has 2 saturated carbocycles. The molecule has 3 aliphatic rings. The molecule has 0 unspecified atom stereocenters. The van der Waals surface area contributed by atoms with E-state index >= 15 is 0 Å². The van der Waals surface area contributed by atoms with Gasteiger partial charge in [-0.05, 0) is 12.3 Å². The molecule has 1 aromatic rings. The molecule has 1 amide bonds. The van der Waals surface area contributed by atoms with Crippen molar-refractivity contribution in [2.45, 2.75) is 48.6 Å². The number of nitrogen functional groups attached to an aromatic ring is 1. The molecular weight excluding hydrogens is 332 g/mol. The predicted octanol–water partition coefficient (Wildman–Crippen LogP) is 1.92. The number of rotatable bonds is 5. The summed E-state index contributed by atoms with van der Waals surface area (Å²) in [4.78, 5) is 12.3. The monoisotopic (exact) mass is 354 g/mol. The number of anilines is 1. The van der Waals surface area contributed by atoms with Gasteiger partial charge in [0.2, 0.25) is 11.0 Å². The van der Waals surface area contributed by atoms with Crippen molar-refractivity contribution >= 4 is 34.1 Å². The number of nitrogens with two attached hydrogens (primary N) is 1. The smallest absolute Gasteiger partial charge is 0.230 e.